The molecule has 2 aliphatic carbocycles. The zero-order valence-electron chi connectivity index (χ0n) is 12.1. The molecule has 0 aliphatic heterocycles. The van der Waals surface area contributed by atoms with Crippen LogP contribution in [0.4, 0.5) is 4.79 Å². The predicted octanol–water partition coefficient (Wildman–Crippen LogP) is 1.12. The van der Waals surface area contributed by atoms with Crippen LogP contribution in [-0.4, -0.2) is 43.0 Å². The summed E-state index contributed by atoms with van der Waals surface area (Å²) in [6.45, 7) is 4.51. The quantitative estimate of drug-likeness (QED) is 0.701. The smallest absolute Gasteiger partial charge is 0.315 e. The summed E-state index contributed by atoms with van der Waals surface area (Å²) in [5, 5.41) is 15.4. The number of ether oxygens (including phenoxy) is 1. The minimum absolute atomic E-state index is 0.134. The molecule has 2 aliphatic rings. The first-order chi connectivity index (χ1) is 8.96. The van der Waals surface area contributed by atoms with Crippen LogP contribution in [0.1, 0.15) is 33.1 Å². The van der Waals surface area contributed by atoms with Crippen LogP contribution in [0.2, 0.25) is 0 Å². The van der Waals surface area contributed by atoms with E-state index in [1.54, 1.807) is 7.11 Å². The van der Waals surface area contributed by atoms with Gasteiger partial charge in [-0.15, -0.1) is 0 Å². The van der Waals surface area contributed by atoms with E-state index in [0.29, 0.717) is 18.4 Å². The first-order valence-electron chi connectivity index (χ1n) is 7.17. The highest BCUT2D eigenvalue weighted by molar-refractivity contribution is 5.74. The van der Waals surface area contributed by atoms with Crippen LogP contribution < -0.4 is 10.6 Å². The maximum atomic E-state index is 11.9. The fourth-order valence-corrected chi connectivity index (χ4v) is 3.47. The molecule has 0 heterocycles. The zero-order valence-corrected chi connectivity index (χ0v) is 12.1. The molecule has 5 nitrogen and oxygen atoms in total. The van der Waals surface area contributed by atoms with E-state index in [4.69, 9.17) is 4.74 Å². The summed E-state index contributed by atoms with van der Waals surface area (Å²) in [7, 11) is 1.64. The first-order valence-corrected chi connectivity index (χ1v) is 7.17. The Kier molecular flexibility index (Phi) is 4.36. The van der Waals surface area contributed by atoms with Crippen molar-refractivity contribution in [3.63, 3.8) is 0 Å². The zero-order chi connectivity index (χ0) is 14.0. The van der Waals surface area contributed by atoms with Crippen molar-refractivity contribution in [1.82, 2.24) is 10.6 Å². The van der Waals surface area contributed by atoms with Crippen molar-refractivity contribution in [3.05, 3.63) is 0 Å². The summed E-state index contributed by atoms with van der Waals surface area (Å²) in [6.07, 6.45) is 3.53. The lowest BCUT2D eigenvalue weighted by atomic mass is 9.85. The van der Waals surface area contributed by atoms with Crippen LogP contribution in [-0.2, 0) is 4.74 Å². The molecule has 2 rings (SSSR count). The number of rotatable bonds is 5. The molecule has 4 unspecified atom stereocenters. The molecule has 4 atom stereocenters. The Morgan fingerprint density at radius 2 is 2.05 bits per heavy atom. The van der Waals surface area contributed by atoms with E-state index in [-0.39, 0.29) is 30.2 Å². The molecule has 2 fully saturated rings. The Morgan fingerprint density at radius 1 is 1.37 bits per heavy atom. The Bertz CT molecular complexity index is 333. The standard InChI is InChI=1S/C14H26N2O3/c1-14(2,19-3)8-15-13(18)16-12-10-5-4-9(6-10)11(12)7-17/h9-12,17H,4-8H2,1-3H3,(H2,15,16,18). The lowest BCUT2D eigenvalue weighted by Gasteiger charge is -2.31. The van der Waals surface area contributed by atoms with Gasteiger partial charge in [0.2, 0.25) is 0 Å². The monoisotopic (exact) mass is 270 g/mol. The van der Waals surface area contributed by atoms with Gasteiger partial charge in [0.25, 0.3) is 0 Å². The molecule has 2 bridgehead atoms. The normalized spacial score (nSPS) is 33.5. The Hall–Kier alpha value is -0.810. The third-order valence-corrected chi connectivity index (χ3v) is 4.82. The SMILES string of the molecule is COC(C)(C)CNC(=O)NC1C2CCC(C2)C1CO. The van der Waals surface area contributed by atoms with Gasteiger partial charge < -0.3 is 20.5 Å². The second kappa shape index (κ2) is 5.67. The van der Waals surface area contributed by atoms with Crippen molar-refractivity contribution in [3.8, 4) is 0 Å². The summed E-state index contributed by atoms with van der Waals surface area (Å²) in [5.74, 6) is 1.37. The first kappa shape index (κ1) is 14.6. The van der Waals surface area contributed by atoms with Gasteiger partial charge in [0.1, 0.15) is 0 Å². The molecular formula is C14H26N2O3. The summed E-state index contributed by atoms with van der Waals surface area (Å²) in [4.78, 5) is 11.9. The number of hydrogen-bond acceptors (Lipinski definition) is 3. The fraction of sp³-hybridized carbons (Fsp3) is 0.929. The number of aliphatic hydroxyl groups excluding tert-OH is 1. The fourth-order valence-electron chi connectivity index (χ4n) is 3.47. The number of nitrogens with one attached hydrogen (secondary N) is 2. The van der Waals surface area contributed by atoms with Gasteiger partial charge in [-0.25, -0.2) is 4.79 Å². The Morgan fingerprint density at radius 3 is 2.68 bits per heavy atom. The molecule has 5 heteroatoms. The number of carbonyl (C=O) groups is 1. The molecule has 0 spiro atoms. The van der Waals surface area contributed by atoms with Crippen LogP contribution in [0.3, 0.4) is 0 Å². The van der Waals surface area contributed by atoms with Crippen molar-refractivity contribution >= 4 is 6.03 Å². The van der Waals surface area contributed by atoms with Crippen LogP contribution in [0.25, 0.3) is 0 Å². The number of methoxy groups -OCH3 is 1. The number of amides is 2. The average molecular weight is 270 g/mol. The number of carbonyl (C=O) groups excluding carboxylic acids is 1. The van der Waals surface area contributed by atoms with Crippen LogP contribution >= 0.6 is 0 Å². The van der Waals surface area contributed by atoms with E-state index in [0.717, 1.165) is 6.42 Å². The van der Waals surface area contributed by atoms with Gasteiger partial charge in [0.15, 0.2) is 0 Å². The van der Waals surface area contributed by atoms with Gasteiger partial charge in [-0.1, -0.05) is 0 Å². The van der Waals surface area contributed by atoms with Crippen LogP contribution in [0.5, 0.6) is 0 Å². The lowest BCUT2D eigenvalue weighted by Crippen LogP contribution is -2.51. The van der Waals surface area contributed by atoms with Gasteiger partial charge in [-0.3, -0.25) is 0 Å². The summed E-state index contributed by atoms with van der Waals surface area (Å²) in [5.41, 5.74) is -0.359. The summed E-state index contributed by atoms with van der Waals surface area (Å²) < 4.78 is 5.27. The number of fused-ring (bicyclic) bond motifs is 2. The van der Waals surface area contributed by atoms with Crippen molar-refractivity contribution in [1.29, 1.82) is 0 Å². The lowest BCUT2D eigenvalue weighted by molar-refractivity contribution is 0.0251. The average Bonchev–Trinajstić information content (AvgIpc) is 2.97. The van der Waals surface area contributed by atoms with Gasteiger partial charge in [-0.05, 0) is 44.9 Å². The summed E-state index contributed by atoms with van der Waals surface area (Å²) >= 11 is 0. The second-order valence-electron chi connectivity index (χ2n) is 6.50. The molecule has 3 N–H and O–H groups in total. The maximum Gasteiger partial charge on any atom is 0.315 e. The number of urea groups is 1. The van der Waals surface area contributed by atoms with E-state index in [2.05, 4.69) is 10.6 Å². The highest BCUT2D eigenvalue weighted by atomic mass is 16.5. The largest absolute Gasteiger partial charge is 0.396 e. The molecule has 0 radical (unpaired) electrons. The highest BCUT2D eigenvalue weighted by Crippen LogP contribution is 2.48. The van der Waals surface area contributed by atoms with Gasteiger partial charge >= 0.3 is 6.03 Å². The van der Waals surface area contributed by atoms with Crippen molar-refractivity contribution < 1.29 is 14.6 Å². The third-order valence-electron chi connectivity index (χ3n) is 4.82. The third kappa shape index (κ3) is 3.20. The predicted molar refractivity (Wildman–Crippen MR) is 72.8 cm³/mol. The molecule has 0 aromatic carbocycles. The molecule has 2 amide bonds. The van der Waals surface area contributed by atoms with Crippen molar-refractivity contribution in [2.75, 3.05) is 20.3 Å². The minimum atomic E-state index is -0.359. The molecule has 19 heavy (non-hydrogen) atoms. The van der Waals surface area contributed by atoms with Gasteiger partial charge in [0.05, 0.1) is 5.60 Å². The topological polar surface area (TPSA) is 70.6 Å². The van der Waals surface area contributed by atoms with Crippen LogP contribution in [0, 0.1) is 17.8 Å². The number of aliphatic hydroxyl groups is 1. The molecule has 0 aromatic heterocycles. The molecule has 0 saturated heterocycles. The van der Waals surface area contributed by atoms with E-state index in [1.807, 2.05) is 13.8 Å². The van der Waals surface area contributed by atoms with Gasteiger partial charge in [-0.2, -0.15) is 0 Å². The highest BCUT2D eigenvalue weighted by Gasteiger charge is 2.47. The van der Waals surface area contributed by atoms with E-state index in [9.17, 15) is 9.90 Å². The Labute approximate surface area is 115 Å². The van der Waals surface area contributed by atoms with Gasteiger partial charge in [0, 0.05) is 32.2 Å². The number of hydrogen-bond donors (Lipinski definition) is 3. The maximum absolute atomic E-state index is 11.9. The second-order valence-corrected chi connectivity index (χ2v) is 6.50. The summed E-state index contributed by atoms with van der Waals surface area (Å²) in [6, 6.07) is -0.0180. The van der Waals surface area contributed by atoms with Crippen molar-refractivity contribution in [2.45, 2.75) is 44.8 Å². The molecular weight excluding hydrogens is 244 g/mol. The van der Waals surface area contributed by atoms with E-state index >= 15 is 0 Å². The van der Waals surface area contributed by atoms with Crippen LogP contribution in [0.15, 0.2) is 0 Å². The molecule has 2 saturated carbocycles. The molecule has 110 valence electrons. The van der Waals surface area contributed by atoms with E-state index < -0.39 is 0 Å². The van der Waals surface area contributed by atoms with Crippen molar-refractivity contribution in [2.24, 2.45) is 17.8 Å². The van der Waals surface area contributed by atoms with E-state index in [1.165, 1.54) is 12.8 Å². The minimum Gasteiger partial charge on any atom is -0.396 e. The Balaban J connectivity index is 1.82. The molecule has 0 aromatic rings.